The van der Waals surface area contributed by atoms with E-state index in [1.165, 1.54) is 0 Å². The van der Waals surface area contributed by atoms with E-state index in [2.05, 4.69) is 5.32 Å². The number of nitrogens with zero attached hydrogens (tertiary/aromatic N) is 2. The molecule has 0 aliphatic carbocycles. The molecule has 1 aliphatic heterocycles. The van der Waals surface area contributed by atoms with Gasteiger partial charge in [-0.15, -0.1) is 0 Å². The van der Waals surface area contributed by atoms with E-state index >= 15 is 0 Å². The quantitative estimate of drug-likeness (QED) is 0.632. The van der Waals surface area contributed by atoms with Crippen molar-refractivity contribution in [2.45, 2.75) is 19.3 Å². The Hall–Kier alpha value is -2.57. The molecule has 1 N–H and O–H groups in total. The Morgan fingerprint density at radius 2 is 2.03 bits per heavy atom. The Morgan fingerprint density at radius 1 is 1.24 bits per heavy atom. The van der Waals surface area contributed by atoms with Gasteiger partial charge in [0.15, 0.2) is 0 Å². The molecule has 0 unspecified atom stereocenters. The zero-order valence-electron chi connectivity index (χ0n) is 16.6. The minimum Gasteiger partial charge on any atom is -0.494 e. The lowest BCUT2D eigenvalue weighted by molar-refractivity contribution is -0.117. The van der Waals surface area contributed by atoms with E-state index in [0.29, 0.717) is 23.7 Å². The van der Waals surface area contributed by atoms with Crippen LogP contribution < -0.4 is 15.0 Å². The normalized spacial score (nSPS) is 13.8. The summed E-state index contributed by atoms with van der Waals surface area (Å²) in [4.78, 5) is 27.9. The number of carbonyl (C=O) groups excluding carboxylic acids is 2. The fraction of sp³-hybridized carbons (Fsp3) is 0.364. The van der Waals surface area contributed by atoms with Crippen LogP contribution in [-0.2, 0) is 9.59 Å². The summed E-state index contributed by atoms with van der Waals surface area (Å²) in [6, 6.07) is 14.7. The third-order valence-electron chi connectivity index (χ3n) is 4.70. The van der Waals surface area contributed by atoms with Crippen molar-refractivity contribution in [2.75, 3.05) is 43.5 Å². The van der Waals surface area contributed by atoms with Gasteiger partial charge in [0.2, 0.25) is 11.8 Å². The third-order valence-corrected chi connectivity index (χ3v) is 4.95. The van der Waals surface area contributed by atoms with Crippen molar-refractivity contribution in [1.29, 1.82) is 0 Å². The molecule has 29 heavy (non-hydrogen) atoms. The molecule has 0 bridgehead atoms. The number of hydrogen-bond donors (Lipinski definition) is 1. The second-order valence-electron chi connectivity index (χ2n) is 7.14. The predicted molar refractivity (Wildman–Crippen MR) is 116 cm³/mol. The van der Waals surface area contributed by atoms with Crippen molar-refractivity contribution in [3.8, 4) is 5.75 Å². The second-order valence-corrected chi connectivity index (χ2v) is 7.58. The summed E-state index contributed by atoms with van der Waals surface area (Å²) >= 11 is 5.85. The number of nitrogens with one attached hydrogen (secondary N) is 1. The van der Waals surface area contributed by atoms with Crippen LogP contribution in [0, 0.1) is 0 Å². The number of likely N-dealkylation sites (N-methyl/N-ethyl adjacent to an activating group) is 1. The van der Waals surface area contributed by atoms with Gasteiger partial charge in [-0.05, 0) is 62.4 Å². The lowest BCUT2D eigenvalue weighted by Crippen LogP contribution is -2.31. The molecule has 0 radical (unpaired) electrons. The Balaban J connectivity index is 1.39. The Kier molecular flexibility index (Phi) is 7.49. The number of carbonyl (C=O) groups is 2. The van der Waals surface area contributed by atoms with Crippen molar-refractivity contribution >= 4 is 34.8 Å². The van der Waals surface area contributed by atoms with Crippen molar-refractivity contribution in [3.05, 3.63) is 53.6 Å². The zero-order valence-corrected chi connectivity index (χ0v) is 17.3. The maximum Gasteiger partial charge on any atom is 0.238 e. The molecule has 7 heteroatoms. The molecule has 0 saturated carbocycles. The molecule has 1 fully saturated rings. The van der Waals surface area contributed by atoms with Gasteiger partial charge in [-0.3, -0.25) is 14.5 Å². The van der Waals surface area contributed by atoms with Crippen LogP contribution in [-0.4, -0.2) is 50.0 Å². The highest BCUT2D eigenvalue weighted by Gasteiger charge is 2.21. The fourth-order valence-electron chi connectivity index (χ4n) is 3.25. The van der Waals surface area contributed by atoms with Gasteiger partial charge >= 0.3 is 0 Å². The molecule has 2 aromatic rings. The van der Waals surface area contributed by atoms with Gasteiger partial charge in [0.25, 0.3) is 0 Å². The standard InChI is InChI=1S/C22H26ClN3O3/c1-25(12-4-14-29-20-10-8-17(23)9-11-20)16-21(27)24-18-5-2-6-19(15-18)26-13-3-7-22(26)28/h2,5-6,8-11,15H,3-4,7,12-14,16H2,1H3,(H,24,27). The molecule has 0 aromatic heterocycles. The maximum absolute atomic E-state index is 12.3. The van der Waals surface area contributed by atoms with Crippen LogP contribution in [0.4, 0.5) is 11.4 Å². The lowest BCUT2D eigenvalue weighted by Gasteiger charge is -2.18. The summed E-state index contributed by atoms with van der Waals surface area (Å²) in [7, 11) is 1.90. The van der Waals surface area contributed by atoms with Crippen molar-refractivity contribution in [1.82, 2.24) is 4.90 Å². The Labute approximate surface area is 176 Å². The Morgan fingerprint density at radius 3 is 2.76 bits per heavy atom. The van der Waals surface area contributed by atoms with Crippen LogP contribution in [0.15, 0.2) is 48.5 Å². The minimum absolute atomic E-state index is 0.0870. The summed E-state index contributed by atoms with van der Waals surface area (Å²) in [5, 5.41) is 3.59. The van der Waals surface area contributed by atoms with Gasteiger partial charge < -0.3 is 15.0 Å². The molecule has 2 amide bonds. The van der Waals surface area contributed by atoms with Gasteiger partial charge in [0.1, 0.15) is 5.75 Å². The third kappa shape index (κ3) is 6.48. The van der Waals surface area contributed by atoms with E-state index in [0.717, 1.165) is 37.4 Å². The van der Waals surface area contributed by atoms with Crippen LogP contribution in [0.5, 0.6) is 5.75 Å². The van der Waals surface area contributed by atoms with Crippen LogP contribution in [0.25, 0.3) is 0 Å². The average Bonchev–Trinajstić information content (AvgIpc) is 3.12. The van der Waals surface area contributed by atoms with E-state index in [4.69, 9.17) is 16.3 Å². The number of rotatable bonds is 9. The first-order valence-corrected chi connectivity index (χ1v) is 10.2. The topological polar surface area (TPSA) is 61.9 Å². The summed E-state index contributed by atoms with van der Waals surface area (Å²) in [5.41, 5.74) is 1.53. The molecular weight excluding hydrogens is 390 g/mol. The molecule has 1 aliphatic rings. The zero-order chi connectivity index (χ0) is 20.6. The van der Waals surface area contributed by atoms with E-state index in [1.54, 1.807) is 17.0 Å². The van der Waals surface area contributed by atoms with Crippen molar-refractivity contribution < 1.29 is 14.3 Å². The Bertz CT molecular complexity index is 841. The first-order valence-electron chi connectivity index (χ1n) is 9.78. The van der Waals surface area contributed by atoms with Gasteiger partial charge in [0.05, 0.1) is 13.2 Å². The second kappa shape index (κ2) is 10.3. The molecule has 0 spiro atoms. The van der Waals surface area contributed by atoms with Crippen LogP contribution in [0.2, 0.25) is 5.02 Å². The molecule has 1 heterocycles. The van der Waals surface area contributed by atoms with Gasteiger partial charge in [-0.2, -0.15) is 0 Å². The number of benzene rings is 2. The van der Waals surface area contributed by atoms with Gasteiger partial charge in [-0.1, -0.05) is 17.7 Å². The highest BCUT2D eigenvalue weighted by molar-refractivity contribution is 6.30. The number of halogens is 1. The SMILES string of the molecule is CN(CCCOc1ccc(Cl)cc1)CC(=O)Nc1cccc(N2CCCC2=O)c1. The molecule has 2 aromatic carbocycles. The largest absolute Gasteiger partial charge is 0.494 e. The van der Waals surface area contributed by atoms with Crippen LogP contribution in [0.1, 0.15) is 19.3 Å². The average molecular weight is 416 g/mol. The van der Waals surface area contributed by atoms with E-state index in [1.807, 2.05) is 48.3 Å². The number of anilines is 2. The first kappa shape index (κ1) is 21.1. The number of amides is 2. The summed E-state index contributed by atoms with van der Waals surface area (Å²) in [6.45, 7) is 2.33. The molecule has 3 rings (SSSR count). The van der Waals surface area contributed by atoms with E-state index in [-0.39, 0.29) is 18.4 Å². The number of hydrogen-bond acceptors (Lipinski definition) is 4. The minimum atomic E-state index is -0.0870. The summed E-state index contributed by atoms with van der Waals surface area (Å²) in [6.07, 6.45) is 2.27. The number of ether oxygens (including phenoxy) is 1. The smallest absolute Gasteiger partial charge is 0.238 e. The lowest BCUT2D eigenvalue weighted by atomic mass is 10.2. The monoisotopic (exact) mass is 415 g/mol. The van der Waals surface area contributed by atoms with Crippen molar-refractivity contribution in [2.24, 2.45) is 0 Å². The highest BCUT2D eigenvalue weighted by atomic mass is 35.5. The van der Waals surface area contributed by atoms with Crippen LogP contribution >= 0.6 is 11.6 Å². The maximum atomic E-state index is 12.3. The summed E-state index contributed by atoms with van der Waals surface area (Å²) < 4.78 is 5.66. The molecule has 1 saturated heterocycles. The van der Waals surface area contributed by atoms with Gasteiger partial charge in [-0.25, -0.2) is 0 Å². The molecule has 6 nitrogen and oxygen atoms in total. The van der Waals surface area contributed by atoms with Crippen molar-refractivity contribution in [3.63, 3.8) is 0 Å². The first-order chi connectivity index (χ1) is 14.0. The van der Waals surface area contributed by atoms with E-state index in [9.17, 15) is 9.59 Å². The highest BCUT2D eigenvalue weighted by Crippen LogP contribution is 2.24. The van der Waals surface area contributed by atoms with E-state index < -0.39 is 0 Å². The van der Waals surface area contributed by atoms with Gasteiger partial charge in [0, 0.05) is 35.9 Å². The molecular formula is C22H26ClN3O3. The fourth-order valence-corrected chi connectivity index (χ4v) is 3.38. The predicted octanol–water partition coefficient (Wildman–Crippen LogP) is 3.81. The van der Waals surface area contributed by atoms with Crippen LogP contribution in [0.3, 0.4) is 0 Å². The molecule has 154 valence electrons. The summed E-state index contributed by atoms with van der Waals surface area (Å²) in [5.74, 6) is 0.830. The molecule has 0 atom stereocenters.